The quantitative estimate of drug-likeness (QED) is 0.361. The van der Waals surface area contributed by atoms with Gasteiger partial charge in [0.25, 0.3) is 0 Å². The highest BCUT2D eigenvalue weighted by Crippen LogP contribution is 2.49. The molecule has 172 valence electrons. The number of ether oxygens (including phenoxy) is 1. The second-order valence-electron chi connectivity index (χ2n) is 11.1. The molecule has 3 fully saturated rings. The zero-order chi connectivity index (χ0) is 21.5. The largest absolute Gasteiger partial charge is 0.490 e. The Hall–Kier alpha value is -1.24. The minimum absolute atomic E-state index is 0.591. The Labute approximate surface area is 192 Å². The summed E-state index contributed by atoms with van der Waals surface area (Å²) in [5.74, 6) is 6.89. The third-order valence-corrected chi connectivity index (χ3v) is 9.09. The van der Waals surface area contributed by atoms with Crippen LogP contribution in [0.3, 0.4) is 0 Å². The van der Waals surface area contributed by atoms with Gasteiger partial charge in [0.05, 0.1) is 0 Å². The van der Waals surface area contributed by atoms with E-state index in [1.54, 1.807) is 0 Å². The summed E-state index contributed by atoms with van der Waals surface area (Å²) in [4.78, 5) is 0. The number of hydrogen-bond donors (Lipinski definition) is 0. The first-order valence-corrected chi connectivity index (χ1v) is 13.6. The molecule has 4 atom stereocenters. The third-order valence-electron chi connectivity index (χ3n) is 9.09. The second-order valence-corrected chi connectivity index (χ2v) is 11.1. The van der Waals surface area contributed by atoms with Crippen LogP contribution in [0.25, 0.3) is 0 Å². The molecular weight excluding hydrogens is 376 g/mol. The summed E-state index contributed by atoms with van der Waals surface area (Å²) < 4.78 is 5.66. The van der Waals surface area contributed by atoms with Gasteiger partial charge in [0.15, 0.2) is 0 Å². The van der Waals surface area contributed by atoms with Crippen LogP contribution in [-0.2, 0) is 0 Å². The fourth-order valence-corrected chi connectivity index (χ4v) is 7.23. The molecule has 0 spiro atoms. The molecule has 1 heteroatoms. The average Bonchev–Trinajstić information content (AvgIpc) is 2.82. The molecule has 4 unspecified atom stereocenters. The molecule has 1 aromatic carbocycles. The Kier molecular flexibility index (Phi) is 8.56. The van der Waals surface area contributed by atoms with Crippen molar-refractivity contribution < 1.29 is 4.74 Å². The van der Waals surface area contributed by atoms with Crippen LogP contribution in [0.15, 0.2) is 36.9 Å². The second kappa shape index (κ2) is 11.6. The highest BCUT2D eigenvalue weighted by molar-refractivity contribution is 5.30. The lowest BCUT2D eigenvalue weighted by molar-refractivity contribution is 0.108. The number of benzene rings is 1. The van der Waals surface area contributed by atoms with Crippen molar-refractivity contribution in [2.75, 3.05) is 6.61 Å². The molecule has 0 aliphatic heterocycles. The van der Waals surface area contributed by atoms with E-state index in [0.717, 1.165) is 41.3 Å². The monoisotopic (exact) mass is 422 g/mol. The highest BCUT2D eigenvalue weighted by Gasteiger charge is 2.36. The molecule has 3 aliphatic rings. The number of rotatable bonds is 9. The van der Waals surface area contributed by atoms with Gasteiger partial charge in [-0.2, -0.15) is 0 Å². The minimum Gasteiger partial charge on any atom is -0.490 e. The molecule has 0 N–H and O–H groups in total. The van der Waals surface area contributed by atoms with Crippen LogP contribution < -0.4 is 4.74 Å². The van der Waals surface area contributed by atoms with E-state index in [1.165, 1.54) is 95.5 Å². The Morgan fingerprint density at radius 3 is 2.10 bits per heavy atom. The van der Waals surface area contributed by atoms with E-state index in [4.69, 9.17) is 4.74 Å². The number of fused-ring (bicyclic) bond motifs is 1. The maximum absolute atomic E-state index is 5.66. The molecule has 1 nitrogen and oxygen atoms in total. The molecule has 0 bridgehead atoms. The molecule has 0 aromatic heterocycles. The van der Waals surface area contributed by atoms with E-state index in [0.29, 0.717) is 6.61 Å². The van der Waals surface area contributed by atoms with Gasteiger partial charge in [-0.1, -0.05) is 89.5 Å². The van der Waals surface area contributed by atoms with Gasteiger partial charge in [0.1, 0.15) is 12.4 Å². The van der Waals surface area contributed by atoms with Crippen molar-refractivity contribution in [1.82, 2.24) is 0 Å². The fourth-order valence-electron chi connectivity index (χ4n) is 7.23. The first-order chi connectivity index (χ1) is 15.2. The molecule has 0 saturated heterocycles. The molecule has 31 heavy (non-hydrogen) atoms. The summed E-state index contributed by atoms with van der Waals surface area (Å²) in [7, 11) is 0. The molecule has 0 radical (unpaired) electrons. The van der Waals surface area contributed by atoms with Gasteiger partial charge in [-0.25, -0.2) is 0 Å². The summed E-state index contributed by atoms with van der Waals surface area (Å²) in [5.41, 5.74) is 1.53. The average molecular weight is 423 g/mol. The van der Waals surface area contributed by atoms with Crippen LogP contribution >= 0.6 is 0 Å². The fraction of sp³-hybridized carbons (Fsp3) is 0.733. The lowest BCUT2D eigenvalue weighted by Gasteiger charge is -2.43. The molecule has 0 amide bonds. The highest BCUT2D eigenvalue weighted by atomic mass is 16.5. The molecular formula is C30H46O. The van der Waals surface area contributed by atoms with E-state index < -0.39 is 0 Å². The van der Waals surface area contributed by atoms with Gasteiger partial charge in [-0.05, 0) is 85.3 Å². The van der Waals surface area contributed by atoms with E-state index >= 15 is 0 Å². The van der Waals surface area contributed by atoms with Crippen LogP contribution in [0.1, 0.15) is 108 Å². The van der Waals surface area contributed by atoms with Gasteiger partial charge >= 0.3 is 0 Å². The zero-order valence-corrected chi connectivity index (χ0v) is 20.1. The number of hydrogen-bond acceptors (Lipinski definition) is 1. The van der Waals surface area contributed by atoms with Crippen molar-refractivity contribution in [2.45, 2.75) is 103 Å². The van der Waals surface area contributed by atoms with Gasteiger partial charge < -0.3 is 4.74 Å². The van der Waals surface area contributed by atoms with Crippen molar-refractivity contribution >= 4 is 0 Å². The van der Waals surface area contributed by atoms with Crippen LogP contribution in [0, 0.1) is 29.6 Å². The maximum atomic E-state index is 5.66. The third kappa shape index (κ3) is 6.39. The summed E-state index contributed by atoms with van der Waals surface area (Å²) >= 11 is 0. The standard InChI is InChI=1S/C30H46O/c1-3-5-23-6-8-24(9-7-23)10-11-25-12-13-29-22-28(15-14-27(29)21-25)26-16-18-30(19-17-26)31-20-4-2/h4,16-19,23-25,27-29H,2-3,5-15,20-22H2,1H3. The lowest BCUT2D eigenvalue weighted by atomic mass is 9.63. The van der Waals surface area contributed by atoms with E-state index in [2.05, 4.69) is 37.8 Å². The Balaban J connectivity index is 1.19. The van der Waals surface area contributed by atoms with E-state index in [9.17, 15) is 0 Å². The van der Waals surface area contributed by atoms with Crippen LogP contribution in [0.4, 0.5) is 0 Å². The van der Waals surface area contributed by atoms with Crippen molar-refractivity contribution in [3.05, 3.63) is 42.5 Å². The van der Waals surface area contributed by atoms with Crippen molar-refractivity contribution in [1.29, 1.82) is 0 Å². The smallest absolute Gasteiger partial charge is 0.119 e. The van der Waals surface area contributed by atoms with Gasteiger partial charge in [0, 0.05) is 0 Å². The SMILES string of the molecule is C=CCOc1ccc(C2CCC3CC(CCC4CCC(CCC)CC4)CCC3C2)cc1. The lowest BCUT2D eigenvalue weighted by Crippen LogP contribution is -2.30. The van der Waals surface area contributed by atoms with Crippen LogP contribution in [0.5, 0.6) is 5.75 Å². The van der Waals surface area contributed by atoms with E-state index in [1.807, 2.05) is 6.08 Å². The molecule has 0 heterocycles. The summed E-state index contributed by atoms with van der Waals surface area (Å²) in [6, 6.07) is 8.92. The molecule has 1 aromatic rings. The summed E-state index contributed by atoms with van der Waals surface area (Å²) in [6.07, 6.45) is 22.7. The minimum atomic E-state index is 0.591. The van der Waals surface area contributed by atoms with Gasteiger partial charge in [-0.15, -0.1) is 0 Å². The van der Waals surface area contributed by atoms with Gasteiger partial charge in [0.2, 0.25) is 0 Å². The first kappa shape index (κ1) is 22.9. The van der Waals surface area contributed by atoms with Crippen LogP contribution in [0.2, 0.25) is 0 Å². The van der Waals surface area contributed by atoms with Crippen molar-refractivity contribution in [2.24, 2.45) is 29.6 Å². The Morgan fingerprint density at radius 1 is 0.774 bits per heavy atom. The predicted octanol–water partition coefficient (Wildman–Crippen LogP) is 8.94. The van der Waals surface area contributed by atoms with E-state index in [-0.39, 0.29) is 0 Å². The predicted molar refractivity (Wildman–Crippen MR) is 133 cm³/mol. The topological polar surface area (TPSA) is 9.23 Å². The Morgan fingerprint density at radius 2 is 1.39 bits per heavy atom. The summed E-state index contributed by atoms with van der Waals surface area (Å²) in [6.45, 7) is 6.67. The maximum Gasteiger partial charge on any atom is 0.119 e. The first-order valence-electron chi connectivity index (χ1n) is 13.6. The van der Waals surface area contributed by atoms with Crippen LogP contribution in [-0.4, -0.2) is 6.61 Å². The zero-order valence-electron chi connectivity index (χ0n) is 20.1. The normalized spacial score (nSPS) is 33.5. The Bertz CT molecular complexity index is 653. The van der Waals surface area contributed by atoms with Crippen molar-refractivity contribution in [3.8, 4) is 5.75 Å². The molecule has 3 saturated carbocycles. The summed E-state index contributed by atoms with van der Waals surface area (Å²) in [5, 5.41) is 0. The van der Waals surface area contributed by atoms with Gasteiger partial charge in [-0.3, -0.25) is 0 Å². The molecule has 3 aliphatic carbocycles. The van der Waals surface area contributed by atoms with Crippen molar-refractivity contribution in [3.63, 3.8) is 0 Å². The molecule has 4 rings (SSSR count).